The van der Waals surface area contributed by atoms with E-state index in [9.17, 15) is 9.59 Å². The molecule has 1 atom stereocenters. The van der Waals surface area contributed by atoms with Crippen LogP contribution in [0.25, 0.3) is 16.6 Å². The van der Waals surface area contributed by atoms with E-state index < -0.39 is 6.04 Å². The van der Waals surface area contributed by atoms with Gasteiger partial charge in [-0.2, -0.15) is 0 Å². The molecule has 4 rings (SSSR count). The fraction of sp³-hybridized carbons (Fsp3) is 0.250. The average Bonchev–Trinajstić information content (AvgIpc) is 2.86. The quantitative estimate of drug-likeness (QED) is 0.324. The first-order valence-corrected chi connectivity index (χ1v) is 12.0. The number of carbonyl (C=O) groups is 1. The number of nitrogens with zero attached hydrogens (tertiary/aromatic N) is 3. The number of aromatic nitrogens is 2. The van der Waals surface area contributed by atoms with Gasteiger partial charge in [0.25, 0.3) is 11.5 Å². The monoisotopic (exact) mass is 489 g/mol. The van der Waals surface area contributed by atoms with Gasteiger partial charge in [0.15, 0.2) is 0 Å². The lowest BCUT2D eigenvalue weighted by atomic mass is 10.1. The molecule has 180 valence electrons. The van der Waals surface area contributed by atoms with Crippen molar-refractivity contribution in [3.8, 4) is 5.69 Å². The zero-order valence-corrected chi connectivity index (χ0v) is 20.8. The van der Waals surface area contributed by atoms with Crippen molar-refractivity contribution in [2.24, 2.45) is 0 Å². The molecule has 3 aromatic carbocycles. The van der Waals surface area contributed by atoms with Crippen LogP contribution in [0.5, 0.6) is 0 Å². The molecule has 1 unspecified atom stereocenters. The summed E-state index contributed by atoms with van der Waals surface area (Å²) >= 11 is 6.39. The molecular weight excluding hydrogens is 462 g/mol. The number of amides is 1. The van der Waals surface area contributed by atoms with Crippen LogP contribution in [-0.4, -0.2) is 40.6 Å². The summed E-state index contributed by atoms with van der Waals surface area (Å²) in [4.78, 5) is 34.2. The number of halogens is 1. The number of fused-ring (bicyclic) bond motifs is 1. The molecule has 35 heavy (non-hydrogen) atoms. The Bertz CT molecular complexity index is 1420. The van der Waals surface area contributed by atoms with Crippen LogP contribution in [0.1, 0.15) is 41.1 Å². The highest BCUT2D eigenvalue weighted by molar-refractivity contribution is 6.33. The number of hydrogen-bond donors (Lipinski definition) is 0. The first kappa shape index (κ1) is 24.6. The summed E-state index contributed by atoms with van der Waals surface area (Å²) in [6.45, 7) is 4.60. The largest absolute Gasteiger partial charge is 0.383 e. The zero-order chi connectivity index (χ0) is 24.9. The van der Waals surface area contributed by atoms with Gasteiger partial charge in [-0.3, -0.25) is 14.2 Å². The van der Waals surface area contributed by atoms with E-state index >= 15 is 0 Å². The van der Waals surface area contributed by atoms with Gasteiger partial charge >= 0.3 is 0 Å². The van der Waals surface area contributed by atoms with Crippen molar-refractivity contribution in [1.82, 2.24) is 14.5 Å². The third-order valence-electron chi connectivity index (χ3n) is 6.02. The number of hydrogen-bond acceptors (Lipinski definition) is 4. The molecule has 6 nitrogen and oxygen atoms in total. The predicted molar refractivity (Wildman–Crippen MR) is 139 cm³/mol. The second-order valence-corrected chi connectivity index (χ2v) is 8.77. The molecular formula is C28H28ClN3O3. The summed E-state index contributed by atoms with van der Waals surface area (Å²) in [6, 6.07) is 21.5. The van der Waals surface area contributed by atoms with Gasteiger partial charge < -0.3 is 9.64 Å². The van der Waals surface area contributed by atoms with E-state index in [4.69, 9.17) is 21.3 Å². The van der Waals surface area contributed by atoms with E-state index in [1.807, 2.05) is 56.3 Å². The number of aryl methyl sites for hydroxylation is 1. The van der Waals surface area contributed by atoms with Gasteiger partial charge in [-0.1, -0.05) is 54.9 Å². The number of carbonyl (C=O) groups excluding carboxylic acids is 1. The first-order valence-electron chi connectivity index (χ1n) is 11.6. The molecule has 0 fully saturated rings. The van der Waals surface area contributed by atoms with Crippen molar-refractivity contribution in [2.45, 2.75) is 26.3 Å². The maximum Gasteiger partial charge on any atom is 0.266 e. The summed E-state index contributed by atoms with van der Waals surface area (Å²) in [5.41, 5.74) is 2.54. The second-order valence-electron chi connectivity index (χ2n) is 8.36. The lowest BCUT2D eigenvalue weighted by molar-refractivity contribution is 0.0579. The number of methoxy groups -OCH3 is 1. The Labute approximate surface area is 209 Å². The number of rotatable bonds is 8. The third kappa shape index (κ3) is 4.99. The minimum atomic E-state index is -0.494. The van der Waals surface area contributed by atoms with E-state index in [0.717, 1.165) is 5.56 Å². The summed E-state index contributed by atoms with van der Waals surface area (Å²) in [5, 5.41) is 0.894. The van der Waals surface area contributed by atoms with Crippen molar-refractivity contribution < 1.29 is 9.53 Å². The normalized spacial score (nSPS) is 12.0. The molecule has 0 bridgehead atoms. The third-order valence-corrected chi connectivity index (χ3v) is 6.35. The summed E-state index contributed by atoms with van der Waals surface area (Å²) in [5.74, 6) is 0.260. The molecule has 0 aliphatic rings. The van der Waals surface area contributed by atoms with Crippen LogP contribution in [0.2, 0.25) is 5.02 Å². The van der Waals surface area contributed by atoms with Gasteiger partial charge in [-0.15, -0.1) is 0 Å². The Kier molecular flexibility index (Phi) is 7.63. The van der Waals surface area contributed by atoms with Crippen LogP contribution < -0.4 is 5.56 Å². The molecule has 0 radical (unpaired) electrons. The molecule has 0 saturated carbocycles. The summed E-state index contributed by atoms with van der Waals surface area (Å²) in [7, 11) is 1.59. The Hall–Kier alpha value is -3.48. The van der Waals surface area contributed by atoms with Crippen LogP contribution in [0.3, 0.4) is 0 Å². The number of benzene rings is 3. The van der Waals surface area contributed by atoms with E-state index in [1.165, 1.54) is 0 Å². The molecule has 4 aromatic rings. The fourth-order valence-electron chi connectivity index (χ4n) is 4.31. The van der Waals surface area contributed by atoms with Crippen LogP contribution >= 0.6 is 11.6 Å². The zero-order valence-electron chi connectivity index (χ0n) is 20.1. The van der Waals surface area contributed by atoms with Crippen LogP contribution in [0.15, 0.2) is 77.6 Å². The maximum absolute atomic E-state index is 13.8. The van der Waals surface area contributed by atoms with E-state index in [-0.39, 0.29) is 11.5 Å². The lowest BCUT2D eigenvalue weighted by Gasteiger charge is -2.32. The Morgan fingerprint density at radius 3 is 2.54 bits per heavy atom. The Morgan fingerprint density at radius 1 is 1.09 bits per heavy atom. The lowest BCUT2D eigenvalue weighted by Crippen LogP contribution is -2.40. The van der Waals surface area contributed by atoms with E-state index in [0.29, 0.717) is 52.6 Å². The maximum atomic E-state index is 13.8. The molecule has 0 saturated heterocycles. The van der Waals surface area contributed by atoms with Crippen molar-refractivity contribution in [3.63, 3.8) is 0 Å². The van der Waals surface area contributed by atoms with Crippen molar-refractivity contribution in [3.05, 3.63) is 105 Å². The van der Waals surface area contributed by atoms with Gasteiger partial charge in [0.1, 0.15) is 5.82 Å². The highest BCUT2D eigenvalue weighted by Crippen LogP contribution is 2.29. The Balaban J connectivity index is 1.96. The van der Waals surface area contributed by atoms with Crippen LogP contribution in [0, 0.1) is 6.92 Å². The van der Waals surface area contributed by atoms with Crippen molar-refractivity contribution >= 4 is 28.4 Å². The molecule has 7 heteroatoms. The molecule has 0 spiro atoms. The Morgan fingerprint density at radius 2 is 1.83 bits per heavy atom. The number of ether oxygens (including phenoxy) is 1. The summed E-state index contributed by atoms with van der Waals surface area (Å²) < 4.78 is 6.96. The highest BCUT2D eigenvalue weighted by atomic mass is 35.5. The smallest absolute Gasteiger partial charge is 0.266 e. The minimum Gasteiger partial charge on any atom is -0.383 e. The minimum absolute atomic E-state index is 0.175. The first-order chi connectivity index (χ1) is 17.0. The molecule has 0 aliphatic heterocycles. The molecule has 1 heterocycles. The molecule has 0 N–H and O–H groups in total. The molecule has 1 amide bonds. The van der Waals surface area contributed by atoms with Crippen molar-refractivity contribution in [2.75, 3.05) is 20.3 Å². The molecule has 1 aromatic heterocycles. The fourth-order valence-corrected chi connectivity index (χ4v) is 4.53. The van der Waals surface area contributed by atoms with Gasteiger partial charge in [-0.25, -0.2) is 4.98 Å². The van der Waals surface area contributed by atoms with Gasteiger partial charge in [0.05, 0.1) is 39.8 Å². The summed E-state index contributed by atoms with van der Waals surface area (Å²) in [6.07, 6.45) is 0.538. The van der Waals surface area contributed by atoms with Crippen LogP contribution in [0.4, 0.5) is 0 Å². The highest BCUT2D eigenvalue weighted by Gasteiger charge is 2.30. The predicted octanol–water partition coefficient (Wildman–Crippen LogP) is 5.59. The topological polar surface area (TPSA) is 64.4 Å². The standard InChI is InChI=1S/C28H28ClN3O3/c1-4-25(31(16-17-35-3)27(33)21-12-5-7-14-23(21)29)26-30-24-15-8-6-13-22(24)28(34)32(26)20-11-9-10-19(2)18-20/h5-15,18,25H,4,16-17H2,1-3H3. The van der Waals surface area contributed by atoms with Crippen molar-refractivity contribution in [1.29, 1.82) is 0 Å². The van der Waals surface area contributed by atoms with E-state index in [1.54, 1.807) is 46.9 Å². The average molecular weight is 490 g/mol. The SMILES string of the molecule is CCC(c1nc2ccccc2c(=O)n1-c1cccc(C)c1)N(CCOC)C(=O)c1ccccc1Cl. The second kappa shape index (κ2) is 10.8. The van der Waals surface area contributed by atoms with Gasteiger partial charge in [0, 0.05) is 13.7 Å². The van der Waals surface area contributed by atoms with E-state index in [2.05, 4.69) is 0 Å². The van der Waals surface area contributed by atoms with Crippen LogP contribution in [-0.2, 0) is 4.74 Å². The van der Waals surface area contributed by atoms with Gasteiger partial charge in [0.2, 0.25) is 0 Å². The molecule has 0 aliphatic carbocycles. The van der Waals surface area contributed by atoms with Gasteiger partial charge in [-0.05, 0) is 55.3 Å². The number of para-hydroxylation sites is 1.